The fraction of sp³-hybridized carbons (Fsp3) is 0.0556. The van der Waals surface area contributed by atoms with E-state index in [1.54, 1.807) is 13.3 Å². The Morgan fingerprint density at radius 1 is 1.20 bits per heavy atom. The fourth-order valence-corrected chi connectivity index (χ4v) is 2.21. The topological polar surface area (TPSA) is 79.4 Å². The first-order valence-corrected chi connectivity index (χ1v) is 7.44. The second-order valence-electron chi connectivity index (χ2n) is 5.13. The molecule has 2 N–H and O–H groups in total. The number of aromatic nitrogens is 2. The monoisotopic (exact) mass is 338 g/mol. The first-order valence-electron chi connectivity index (χ1n) is 7.44. The van der Waals surface area contributed by atoms with Crippen LogP contribution in [0, 0.1) is 5.82 Å². The van der Waals surface area contributed by atoms with E-state index in [4.69, 9.17) is 4.74 Å². The molecular weight excluding hydrogens is 323 g/mol. The van der Waals surface area contributed by atoms with Crippen molar-refractivity contribution in [3.63, 3.8) is 0 Å². The van der Waals surface area contributed by atoms with E-state index < -0.39 is 11.7 Å². The summed E-state index contributed by atoms with van der Waals surface area (Å²) in [5.41, 5.74) is 5.11. The van der Waals surface area contributed by atoms with Gasteiger partial charge in [0.15, 0.2) is 0 Å². The molecule has 0 unspecified atom stereocenters. The van der Waals surface area contributed by atoms with Crippen molar-refractivity contribution in [3.8, 4) is 17.0 Å². The van der Waals surface area contributed by atoms with Gasteiger partial charge in [-0.25, -0.2) is 9.82 Å². The lowest BCUT2D eigenvalue weighted by Gasteiger charge is -2.03. The van der Waals surface area contributed by atoms with Gasteiger partial charge in [0, 0.05) is 16.7 Å². The summed E-state index contributed by atoms with van der Waals surface area (Å²) in [6, 6.07) is 12.7. The number of hydrazone groups is 1. The number of methoxy groups -OCH3 is 1. The normalized spacial score (nSPS) is 10.8. The number of benzene rings is 2. The minimum atomic E-state index is -0.425. The van der Waals surface area contributed by atoms with E-state index in [-0.39, 0.29) is 0 Å². The molecule has 0 bridgehead atoms. The van der Waals surface area contributed by atoms with Gasteiger partial charge in [-0.05, 0) is 48.5 Å². The van der Waals surface area contributed by atoms with Crippen LogP contribution in [-0.4, -0.2) is 29.4 Å². The Balaban J connectivity index is 1.71. The lowest BCUT2D eigenvalue weighted by Crippen LogP contribution is -2.17. The Hall–Kier alpha value is -3.48. The van der Waals surface area contributed by atoms with Crippen LogP contribution in [0.25, 0.3) is 11.3 Å². The van der Waals surface area contributed by atoms with Gasteiger partial charge in [0.25, 0.3) is 5.91 Å². The largest absolute Gasteiger partial charge is 0.497 e. The van der Waals surface area contributed by atoms with Crippen molar-refractivity contribution in [2.24, 2.45) is 5.10 Å². The van der Waals surface area contributed by atoms with Gasteiger partial charge in [-0.1, -0.05) is 0 Å². The third-order valence-electron chi connectivity index (χ3n) is 3.52. The van der Waals surface area contributed by atoms with Gasteiger partial charge in [-0.2, -0.15) is 10.2 Å². The van der Waals surface area contributed by atoms with E-state index in [2.05, 4.69) is 20.7 Å². The van der Waals surface area contributed by atoms with Crippen LogP contribution in [-0.2, 0) is 0 Å². The molecule has 0 saturated carbocycles. The summed E-state index contributed by atoms with van der Waals surface area (Å²) in [7, 11) is 1.60. The van der Waals surface area contributed by atoms with Gasteiger partial charge in [0.2, 0.25) is 0 Å². The molecule has 0 radical (unpaired) electrons. The summed E-state index contributed by atoms with van der Waals surface area (Å²) in [4.78, 5) is 11.9. The van der Waals surface area contributed by atoms with Crippen molar-refractivity contribution in [2.45, 2.75) is 0 Å². The highest BCUT2D eigenvalue weighted by atomic mass is 19.1. The number of H-pyrrole nitrogens is 1. The third-order valence-corrected chi connectivity index (χ3v) is 3.52. The van der Waals surface area contributed by atoms with Crippen LogP contribution < -0.4 is 10.2 Å². The van der Waals surface area contributed by atoms with Crippen molar-refractivity contribution in [1.29, 1.82) is 0 Å². The van der Waals surface area contributed by atoms with Gasteiger partial charge in [0.1, 0.15) is 11.6 Å². The molecule has 3 rings (SSSR count). The molecule has 1 aromatic heterocycles. The molecule has 0 spiro atoms. The quantitative estimate of drug-likeness (QED) is 0.554. The fourth-order valence-electron chi connectivity index (χ4n) is 2.21. The maximum Gasteiger partial charge on any atom is 0.271 e. The lowest BCUT2D eigenvalue weighted by molar-refractivity contribution is 0.0955. The average molecular weight is 338 g/mol. The first-order chi connectivity index (χ1) is 12.2. The van der Waals surface area contributed by atoms with Crippen LogP contribution in [0.1, 0.15) is 15.9 Å². The van der Waals surface area contributed by atoms with Gasteiger partial charge < -0.3 is 4.74 Å². The zero-order chi connectivity index (χ0) is 17.6. The Labute approximate surface area is 143 Å². The molecule has 7 heteroatoms. The number of amides is 1. The second-order valence-corrected chi connectivity index (χ2v) is 5.13. The molecule has 0 aliphatic heterocycles. The van der Waals surface area contributed by atoms with E-state index in [0.29, 0.717) is 11.1 Å². The molecule has 3 aromatic rings. The molecule has 0 atom stereocenters. The second kappa shape index (κ2) is 7.39. The lowest BCUT2D eigenvalue weighted by atomic mass is 10.1. The maximum absolute atomic E-state index is 12.9. The van der Waals surface area contributed by atoms with Gasteiger partial charge >= 0.3 is 0 Å². The number of rotatable bonds is 5. The first kappa shape index (κ1) is 16.4. The van der Waals surface area contributed by atoms with Gasteiger partial charge in [0.05, 0.1) is 25.2 Å². The average Bonchev–Trinajstić information content (AvgIpc) is 3.11. The van der Waals surface area contributed by atoms with Crippen LogP contribution in [0.2, 0.25) is 0 Å². The SMILES string of the molecule is COc1ccc(-c2[nH]ncc2/C=N/NC(=O)c2ccc(F)cc2)cc1. The molecule has 0 saturated heterocycles. The van der Waals surface area contributed by atoms with Crippen LogP contribution in [0.15, 0.2) is 59.8 Å². The summed E-state index contributed by atoms with van der Waals surface area (Å²) in [5.74, 6) is -0.0710. The Kier molecular flexibility index (Phi) is 4.84. The molecule has 1 heterocycles. The highest BCUT2D eigenvalue weighted by Gasteiger charge is 2.07. The smallest absolute Gasteiger partial charge is 0.271 e. The van der Waals surface area contributed by atoms with Crippen LogP contribution in [0.5, 0.6) is 5.75 Å². The molecule has 2 aromatic carbocycles. The van der Waals surface area contributed by atoms with Crippen LogP contribution >= 0.6 is 0 Å². The summed E-state index contributed by atoms with van der Waals surface area (Å²) < 4.78 is 18.0. The van der Waals surface area contributed by atoms with E-state index >= 15 is 0 Å². The summed E-state index contributed by atoms with van der Waals surface area (Å²) in [6.07, 6.45) is 3.09. The minimum Gasteiger partial charge on any atom is -0.497 e. The van der Waals surface area contributed by atoms with Crippen molar-refractivity contribution >= 4 is 12.1 Å². The van der Waals surface area contributed by atoms with Crippen molar-refractivity contribution < 1.29 is 13.9 Å². The number of halogens is 1. The van der Waals surface area contributed by atoms with Crippen molar-refractivity contribution in [3.05, 3.63) is 71.7 Å². The number of nitrogens with zero attached hydrogens (tertiary/aromatic N) is 2. The van der Waals surface area contributed by atoms with E-state index in [0.717, 1.165) is 17.0 Å². The number of nitrogens with one attached hydrogen (secondary N) is 2. The number of ether oxygens (including phenoxy) is 1. The molecular formula is C18H15FN4O2. The zero-order valence-corrected chi connectivity index (χ0v) is 13.4. The molecule has 0 aliphatic rings. The maximum atomic E-state index is 12.9. The number of aromatic amines is 1. The van der Waals surface area contributed by atoms with Crippen molar-refractivity contribution in [1.82, 2.24) is 15.6 Å². The Morgan fingerprint density at radius 3 is 2.60 bits per heavy atom. The summed E-state index contributed by atoms with van der Waals surface area (Å²) >= 11 is 0. The van der Waals surface area contributed by atoms with Gasteiger partial charge in [-0.3, -0.25) is 9.89 Å². The molecule has 1 amide bonds. The highest BCUT2D eigenvalue weighted by molar-refractivity contribution is 5.95. The summed E-state index contributed by atoms with van der Waals surface area (Å²) in [6.45, 7) is 0. The predicted molar refractivity (Wildman–Crippen MR) is 92.0 cm³/mol. The van der Waals surface area contributed by atoms with Crippen LogP contribution in [0.3, 0.4) is 0 Å². The Bertz CT molecular complexity index is 886. The predicted octanol–water partition coefficient (Wildman–Crippen LogP) is 2.99. The summed E-state index contributed by atoms with van der Waals surface area (Å²) in [5, 5.41) is 10.8. The van der Waals surface area contributed by atoms with E-state index in [1.807, 2.05) is 24.3 Å². The highest BCUT2D eigenvalue weighted by Crippen LogP contribution is 2.22. The molecule has 0 fully saturated rings. The Morgan fingerprint density at radius 2 is 1.92 bits per heavy atom. The van der Waals surface area contributed by atoms with E-state index in [9.17, 15) is 9.18 Å². The van der Waals surface area contributed by atoms with Crippen molar-refractivity contribution in [2.75, 3.05) is 7.11 Å². The number of carbonyl (C=O) groups is 1. The van der Waals surface area contributed by atoms with Crippen LogP contribution in [0.4, 0.5) is 4.39 Å². The molecule has 126 valence electrons. The minimum absolute atomic E-state index is 0.320. The van der Waals surface area contributed by atoms with Gasteiger partial charge in [-0.15, -0.1) is 0 Å². The number of hydrogen-bond acceptors (Lipinski definition) is 4. The third kappa shape index (κ3) is 3.89. The number of hydrogen-bond donors (Lipinski definition) is 2. The number of carbonyl (C=O) groups excluding carboxylic acids is 1. The molecule has 25 heavy (non-hydrogen) atoms. The molecule has 6 nitrogen and oxygen atoms in total. The molecule has 0 aliphatic carbocycles. The van der Waals surface area contributed by atoms with E-state index in [1.165, 1.54) is 30.5 Å². The standard InChI is InChI=1S/C18H15FN4O2/c1-25-16-8-4-12(5-9-16)17-14(10-20-22-17)11-21-23-18(24)13-2-6-15(19)7-3-13/h2-11H,1H3,(H,20,22)(H,23,24)/b21-11+. The zero-order valence-electron chi connectivity index (χ0n) is 13.4.